The zero-order chi connectivity index (χ0) is 13.8. The van der Waals surface area contributed by atoms with Crippen molar-refractivity contribution in [3.63, 3.8) is 0 Å². The Hall–Kier alpha value is -1.62. The molecule has 0 amide bonds. The second kappa shape index (κ2) is 6.02. The molecule has 5 nitrogen and oxygen atoms in total. The van der Waals surface area contributed by atoms with Crippen LogP contribution in [0.2, 0.25) is 0 Å². The third-order valence-electron chi connectivity index (χ3n) is 3.73. The molecule has 0 radical (unpaired) electrons. The minimum Gasteiger partial charge on any atom is -0.483 e. The number of nitrogens with zero attached hydrogens (tertiary/aromatic N) is 1. The summed E-state index contributed by atoms with van der Waals surface area (Å²) in [6.45, 7) is 2.41. The Morgan fingerprint density at radius 3 is 2.84 bits per heavy atom. The molecule has 2 unspecified atom stereocenters. The van der Waals surface area contributed by atoms with Crippen LogP contribution in [0.4, 0.5) is 5.69 Å². The van der Waals surface area contributed by atoms with Gasteiger partial charge in [-0.25, -0.2) is 0 Å². The van der Waals surface area contributed by atoms with Crippen molar-refractivity contribution >= 4 is 5.69 Å². The molecule has 2 N–H and O–H groups in total. The smallest absolute Gasteiger partial charge is 0.311 e. The first-order valence-corrected chi connectivity index (χ1v) is 6.73. The highest BCUT2D eigenvalue weighted by molar-refractivity contribution is 5.48. The monoisotopic (exact) mass is 264 g/mol. The number of nitro groups is 1. The lowest BCUT2D eigenvalue weighted by molar-refractivity contribution is -0.386. The Balaban J connectivity index is 2.20. The summed E-state index contributed by atoms with van der Waals surface area (Å²) in [7, 11) is 0. The molecule has 1 aromatic rings. The standard InChI is InChI=1S/C14H20N2O3/c1-10-6-7-14(12(8-10)16(17)18)19-13-5-3-2-4-11(13)9-15/h6-8,11,13H,2-5,9,15H2,1H3. The number of nitrogens with two attached hydrogens (primary N) is 1. The van der Waals surface area contributed by atoms with E-state index in [1.807, 2.05) is 13.0 Å². The molecule has 0 aromatic heterocycles. The lowest BCUT2D eigenvalue weighted by Gasteiger charge is -2.30. The molecule has 1 fully saturated rings. The molecule has 0 saturated heterocycles. The summed E-state index contributed by atoms with van der Waals surface area (Å²) >= 11 is 0. The Morgan fingerprint density at radius 1 is 1.42 bits per heavy atom. The SMILES string of the molecule is Cc1ccc(OC2CCCCC2CN)c([N+](=O)[O-])c1. The van der Waals surface area contributed by atoms with Gasteiger partial charge in [0.05, 0.1) is 4.92 Å². The van der Waals surface area contributed by atoms with Gasteiger partial charge in [-0.2, -0.15) is 0 Å². The van der Waals surface area contributed by atoms with E-state index < -0.39 is 0 Å². The van der Waals surface area contributed by atoms with Gasteiger partial charge in [0.25, 0.3) is 0 Å². The number of rotatable bonds is 4. The molecule has 0 bridgehead atoms. The van der Waals surface area contributed by atoms with E-state index in [0.717, 1.165) is 31.2 Å². The number of benzene rings is 1. The van der Waals surface area contributed by atoms with Gasteiger partial charge in [-0.05, 0) is 44.4 Å². The van der Waals surface area contributed by atoms with Crippen LogP contribution in [0, 0.1) is 23.0 Å². The first-order chi connectivity index (χ1) is 9.11. The van der Waals surface area contributed by atoms with E-state index >= 15 is 0 Å². The van der Waals surface area contributed by atoms with Crippen molar-refractivity contribution in [2.75, 3.05) is 6.54 Å². The summed E-state index contributed by atoms with van der Waals surface area (Å²) in [5.41, 5.74) is 6.66. The van der Waals surface area contributed by atoms with Crippen LogP contribution in [0.1, 0.15) is 31.2 Å². The molecule has 2 rings (SSSR count). The minimum absolute atomic E-state index is 0.000145. The van der Waals surface area contributed by atoms with Crippen molar-refractivity contribution in [1.82, 2.24) is 0 Å². The summed E-state index contributed by atoms with van der Waals surface area (Å²) in [4.78, 5) is 10.7. The Labute approximate surface area is 112 Å². The average molecular weight is 264 g/mol. The number of hydrogen-bond donors (Lipinski definition) is 1. The van der Waals surface area contributed by atoms with Crippen LogP contribution < -0.4 is 10.5 Å². The van der Waals surface area contributed by atoms with Gasteiger partial charge in [-0.15, -0.1) is 0 Å². The Morgan fingerprint density at radius 2 is 2.16 bits per heavy atom. The summed E-state index contributed by atoms with van der Waals surface area (Å²) in [6, 6.07) is 5.08. The maximum atomic E-state index is 11.1. The van der Waals surface area contributed by atoms with E-state index in [0.29, 0.717) is 18.2 Å². The van der Waals surface area contributed by atoms with Gasteiger partial charge in [0.1, 0.15) is 6.10 Å². The van der Waals surface area contributed by atoms with E-state index in [-0.39, 0.29) is 16.7 Å². The Kier molecular flexibility index (Phi) is 4.37. The number of hydrogen-bond acceptors (Lipinski definition) is 4. The van der Waals surface area contributed by atoms with E-state index in [9.17, 15) is 10.1 Å². The maximum absolute atomic E-state index is 11.1. The second-order valence-electron chi connectivity index (χ2n) is 5.16. The first-order valence-electron chi connectivity index (χ1n) is 6.73. The molecule has 104 valence electrons. The van der Waals surface area contributed by atoms with Gasteiger partial charge in [-0.1, -0.05) is 12.5 Å². The molecular weight excluding hydrogens is 244 g/mol. The lowest BCUT2D eigenvalue weighted by Crippen LogP contribution is -2.35. The fourth-order valence-electron chi connectivity index (χ4n) is 2.63. The summed E-state index contributed by atoms with van der Waals surface area (Å²) in [6.07, 6.45) is 4.23. The van der Waals surface area contributed by atoms with Crippen LogP contribution in [0.15, 0.2) is 18.2 Å². The minimum atomic E-state index is -0.386. The van der Waals surface area contributed by atoms with Gasteiger partial charge in [-0.3, -0.25) is 10.1 Å². The highest BCUT2D eigenvalue weighted by Crippen LogP contribution is 2.33. The topological polar surface area (TPSA) is 78.4 Å². The van der Waals surface area contributed by atoms with Gasteiger partial charge in [0, 0.05) is 12.0 Å². The van der Waals surface area contributed by atoms with Gasteiger partial charge < -0.3 is 10.5 Å². The van der Waals surface area contributed by atoms with Gasteiger partial charge in [0.15, 0.2) is 5.75 Å². The van der Waals surface area contributed by atoms with E-state index in [4.69, 9.17) is 10.5 Å². The number of nitro benzene ring substituents is 1. The summed E-state index contributed by atoms with van der Waals surface area (Å²) in [5.74, 6) is 0.663. The van der Waals surface area contributed by atoms with Gasteiger partial charge in [0.2, 0.25) is 0 Å². The van der Waals surface area contributed by atoms with Crippen LogP contribution in [0.25, 0.3) is 0 Å². The average Bonchev–Trinajstić information content (AvgIpc) is 2.41. The van der Waals surface area contributed by atoms with Crippen LogP contribution >= 0.6 is 0 Å². The van der Waals surface area contributed by atoms with E-state index in [1.165, 1.54) is 0 Å². The Bertz CT molecular complexity index is 462. The number of aryl methyl sites for hydroxylation is 1. The first kappa shape index (κ1) is 13.8. The van der Waals surface area contributed by atoms with E-state index in [2.05, 4.69) is 0 Å². The molecule has 1 aromatic carbocycles. The number of ether oxygens (including phenoxy) is 1. The molecule has 0 aliphatic heterocycles. The van der Waals surface area contributed by atoms with Crippen LogP contribution in [-0.2, 0) is 0 Å². The molecule has 0 heterocycles. The zero-order valence-electron chi connectivity index (χ0n) is 11.2. The zero-order valence-corrected chi connectivity index (χ0v) is 11.2. The second-order valence-corrected chi connectivity index (χ2v) is 5.16. The predicted octanol–water partition coefficient (Wildman–Crippen LogP) is 2.80. The van der Waals surface area contributed by atoms with Crippen molar-refractivity contribution in [3.05, 3.63) is 33.9 Å². The maximum Gasteiger partial charge on any atom is 0.311 e. The molecule has 19 heavy (non-hydrogen) atoms. The highest BCUT2D eigenvalue weighted by atomic mass is 16.6. The summed E-state index contributed by atoms with van der Waals surface area (Å²) < 4.78 is 5.88. The molecular formula is C14H20N2O3. The molecule has 0 spiro atoms. The third kappa shape index (κ3) is 3.23. The highest BCUT2D eigenvalue weighted by Gasteiger charge is 2.28. The summed E-state index contributed by atoms with van der Waals surface area (Å²) in [5, 5.41) is 11.1. The molecule has 5 heteroatoms. The quantitative estimate of drug-likeness (QED) is 0.670. The normalized spacial score (nSPS) is 23.1. The largest absolute Gasteiger partial charge is 0.483 e. The van der Waals surface area contributed by atoms with Crippen molar-refractivity contribution in [3.8, 4) is 5.75 Å². The van der Waals surface area contributed by atoms with Crippen molar-refractivity contribution < 1.29 is 9.66 Å². The lowest BCUT2D eigenvalue weighted by atomic mass is 9.86. The molecule has 1 saturated carbocycles. The van der Waals surface area contributed by atoms with Gasteiger partial charge >= 0.3 is 5.69 Å². The van der Waals surface area contributed by atoms with Crippen LogP contribution in [-0.4, -0.2) is 17.6 Å². The predicted molar refractivity (Wildman–Crippen MR) is 73.3 cm³/mol. The van der Waals surface area contributed by atoms with E-state index in [1.54, 1.807) is 12.1 Å². The van der Waals surface area contributed by atoms with Crippen molar-refractivity contribution in [2.24, 2.45) is 11.7 Å². The third-order valence-corrected chi connectivity index (χ3v) is 3.73. The van der Waals surface area contributed by atoms with Crippen LogP contribution in [0.5, 0.6) is 5.75 Å². The molecule has 2 atom stereocenters. The molecule has 1 aliphatic rings. The fourth-order valence-corrected chi connectivity index (χ4v) is 2.63. The molecule has 1 aliphatic carbocycles. The van der Waals surface area contributed by atoms with Crippen LogP contribution in [0.3, 0.4) is 0 Å². The fraction of sp³-hybridized carbons (Fsp3) is 0.571. The van der Waals surface area contributed by atoms with Crippen molar-refractivity contribution in [2.45, 2.75) is 38.7 Å². The van der Waals surface area contributed by atoms with Crippen molar-refractivity contribution in [1.29, 1.82) is 0 Å².